The molecule has 2 aromatic rings. The summed E-state index contributed by atoms with van der Waals surface area (Å²) in [6.45, 7) is 10.2. The zero-order valence-electron chi connectivity index (χ0n) is 11.3. The van der Waals surface area contributed by atoms with E-state index in [1.165, 1.54) is 16.7 Å². The summed E-state index contributed by atoms with van der Waals surface area (Å²) >= 11 is 0. The Kier molecular flexibility index (Phi) is 4.83. The van der Waals surface area contributed by atoms with Gasteiger partial charge in [0.05, 0.1) is 0 Å². The van der Waals surface area contributed by atoms with Crippen LogP contribution in [0.3, 0.4) is 0 Å². The maximum Gasteiger partial charge on any atom is 0.0375 e. The van der Waals surface area contributed by atoms with Gasteiger partial charge in [0, 0.05) is 23.8 Å². The van der Waals surface area contributed by atoms with Gasteiger partial charge in [-0.15, -0.1) is 0 Å². The van der Waals surface area contributed by atoms with E-state index in [9.17, 15) is 0 Å². The molecule has 90 valence electrons. The van der Waals surface area contributed by atoms with E-state index in [1.807, 2.05) is 32.3 Å². The third-order valence-electron chi connectivity index (χ3n) is 2.56. The Morgan fingerprint density at radius 2 is 1.41 bits per heavy atom. The Balaban J connectivity index is 0.000000171. The van der Waals surface area contributed by atoms with E-state index in [4.69, 9.17) is 0 Å². The summed E-state index contributed by atoms with van der Waals surface area (Å²) in [6.07, 6.45) is 3.73. The van der Waals surface area contributed by atoms with E-state index in [0.29, 0.717) is 0 Å². The second kappa shape index (κ2) is 6.14. The Morgan fingerprint density at radius 1 is 0.765 bits per heavy atom. The molecule has 2 aromatic heterocycles. The molecule has 17 heavy (non-hydrogen) atoms. The summed E-state index contributed by atoms with van der Waals surface area (Å²) in [7, 11) is 0. The van der Waals surface area contributed by atoms with E-state index in [-0.39, 0.29) is 0 Å². The molecule has 0 saturated heterocycles. The second-order valence-electron chi connectivity index (χ2n) is 4.38. The molecule has 0 amide bonds. The second-order valence-corrected chi connectivity index (χ2v) is 4.38. The SMILES string of the molecule is Cc1cc(C)c(C)cn1.Cc1ccnc(C)c1. The van der Waals surface area contributed by atoms with Gasteiger partial charge < -0.3 is 0 Å². The van der Waals surface area contributed by atoms with Crippen molar-refractivity contribution in [2.24, 2.45) is 0 Å². The van der Waals surface area contributed by atoms with E-state index < -0.39 is 0 Å². The van der Waals surface area contributed by atoms with Gasteiger partial charge in [-0.2, -0.15) is 0 Å². The molecule has 0 aliphatic heterocycles. The predicted octanol–water partition coefficient (Wildman–Crippen LogP) is 3.71. The lowest BCUT2D eigenvalue weighted by atomic mass is 10.2. The number of aryl methyl sites for hydroxylation is 5. The minimum Gasteiger partial charge on any atom is -0.262 e. The zero-order valence-corrected chi connectivity index (χ0v) is 11.3. The Hall–Kier alpha value is -1.70. The molecule has 2 rings (SSSR count). The van der Waals surface area contributed by atoms with Crippen molar-refractivity contribution in [3.05, 3.63) is 58.7 Å². The van der Waals surface area contributed by atoms with Crippen LogP contribution in [0.4, 0.5) is 0 Å². The molecule has 0 bridgehead atoms. The van der Waals surface area contributed by atoms with Gasteiger partial charge in [-0.1, -0.05) is 0 Å². The molecule has 2 heteroatoms. The first-order valence-corrected chi connectivity index (χ1v) is 5.78. The van der Waals surface area contributed by atoms with Crippen LogP contribution in [0.2, 0.25) is 0 Å². The molecular weight excluding hydrogens is 208 g/mol. The number of pyridine rings is 2. The first kappa shape index (κ1) is 13.4. The van der Waals surface area contributed by atoms with Crippen molar-refractivity contribution >= 4 is 0 Å². The van der Waals surface area contributed by atoms with Gasteiger partial charge in [-0.25, -0.2) is 0 Å². The van der Waals surface area contributed by atoms with E-state index in [2.05, 4.69) is 42.9 Å². The lowest BCUT2D eigenvalue weighted by molar-refractivity contribution is 1.14. The molecular formula is C15H20N2. The first-order chi connectivity index (χ1) is 7.99. The maximum atomic E-state index is 4.14. The van der Waals surface area contributed by atoms with Gasteiger partial charge in [0.2, 0.25) is 0 Å². The highest BCUT2D eigenvalue weighted by atomic mass is 14.7. The Labute approximate surface area is 104 Å². The molecule has 0 saturated carbocycles. The molecule has 0 N–H and O–H groups in total. The number of nitrogens with zero attached hydrogens (tertiary/aromatic N) is 2. The summed E-state index contributed by atoms with van der Waals surface area (Å²) in [4.78, 5) is 8.18. The van der Waals surface area contributed by atoms with Gasteiger partial charge in [-0.05, 0) is 69.5 Å². The topological polar surface area (TPSA) is 25.8 Å². The summed E-state index contributed by atoms with van der Waals surface area (Å²) in [5, 5.41) is 0. The zero-order chi connectivity index (χ0) is 12.8. The smallest absolute Gasteiger partial charge is 0.0375 e. The molecule has 2 heterocycles. The van der Waals surface area contributed by atoms with Crippen LogP contribution in [0.25, 0.3) is 0 Å². The van der Waals surface area contributed by atoms with Crippen molar-refractivity contribution in [3.63, 3.8) is 0 Å². The molecule has 0 aliphatic rings. The van der Waals surface area contributed by atoms with E-state index >= 15 is 0 Å². The molecule has 0 fully saturated rings. The van der Waals surface area contributed by atoms with Crippen LogP contribution in [0.5, 0.6) is 0 Å². The number of hydrogen-bond acceptors (Lipinski definition) is 2. The molecule has 0 radical (unpaired) electrons. The van der Waals surface area contributed by atoms with Crippen LogP contribution in [-0.4, -0.2) is 9.97 Å². The standard InChI is InChI=1S/C8H11N.C7H9N/c1-6-4-8(3)9-5-7(6)2;1-6-3-4-8-7(2)5-6/h4-5H,1-3H3;3-5H,1-2H3. The molecule has 0 atom stereocenters. The number of hydrogen-bond donors (Lipinski definition) is 0. The van der Waals surface area contributed by atoms with Crippen molar-refractivity contribution in [3.8, 4) is 0 Å². The highest BCUT2D eigenvalue weighted by Crippen LogP contribution is 2.04. The fraction of sp³-hybridized carbons (Fsp3) is 0.333. The van der Waals surface area contributed by atoms with Crippen LogP contribution in [0, 0.1) is 34.6 Å². The average molecular weight is 228 g/mol. The number of aromatic nitrogens is 2. The Bertz CT molecular complexity index is 473. The minimum absolute atomic E-state index is 1.09. The van der Waals surface area contributed by atoms with Gasteiger partial charge >= 0.3 is 0 Å². The monoisotopic (exact) mass is 228 g/mol. The van der Waals surface area contributed by atoms with Gasteiger partial charge in [0.15, 0.2) is 0 Å². The minimum atomic E-state index is 1.09. The molecule has 0 aliphatic carbocycles. The molecule has 0 aromatic carbocycles. The van der Waals surface area contributed by atoms with Crippen molar-refractivity contribution in [2.45, 2.75) is 34.6 Å². The van der Waals surface area contributed by atoms with Crippen LogP contribution in [0.1, 0.15) is 28.1 Å². The summed E-state index contributed by atoms with van der Waals surface area (Å²) in [5.41, 5.74) is 6.05. The van der Waals surface area contributed by atoms with Crippen molar-refractivity contribution in [1.29, 1.82) is 0 Å². The highest BCUT2D eigenvalue weighted by molar-refractivity contribution is 5.22. The molecule has 2 nitrogen and oxygen atoms in total. The average Bonchev–Trinajstić information content (AvgIpc) is 2.24. The van der Waals surface area contributed by atoms with Crippen LogP contribution in [-0.2, 0) is 0 Å². The first-order valence-electron chi connectivity index (χ1n) is 5.78. The Morgan fingerprint density at radius 3 is 1.82 bits per heavy atom. The van der Waals surface area contributed by atoms with Crippen molar-refractivity contribution in [1.82, 2.24) is 9.97 Å². The summed E-state index contributed by atoms with van der Waals surface area (Å²) in [6, 6.07) is 6.14. The van der Waals surface area contributed by atoms with Crippen molar-refractivity contribution in [2.75, 3.05) is 0 Å². The normalized spacial score (nSPS) is 9.47. The van der Waals surface area contributed by atoms with Crippen LogP contribution >= 0.6 is 0 Å². The summed E-state index contributed by atoms with van der Waals surface area (Å²) < 4.78 is 0. The highest BCUT2D eigenvalue weighted by Gasteiger charge is 1.90. The van der Waals surface area contributed by atoms with Gasteiger partial charge in [-0.3, -0.25) is 9.97 Å². The third-order valence-corrected chi connectivity index (χ3v) is 2.56. The quantitative estimate of drug-likeness (QED) is 0.687. The molecule has 0 spiro atoms. The maximum absolute atomic E-state index is 4.14. The van der Waals surface area contributed by atoms with Gasteiger partial charge in [0.25, 0.3) is 0 Å². The van der Waals surface area contributed by atoms with Crippen LogP contribution < -0.4 is 0 Å². The predicted molar refractivity (Wildman–Crippen MR) is 72.2 cm³/mol. The van der Waals surface area contributed by atoms with E-state index in [0.717, 1.165) is 11.4 Å². The lowest BCUT2D eigenvalue weighted by Gasteiger charge is -1.97. The van der Waals surface area contributed by atoms with E-state index in [1.54, 1.807) is 0 Å². The third kappa shape index (κ3) is 4.77. The number of rotatable bonds is 0. The fourth-order valence-corrected chi connectivity index (χ4v) is 1.45. The van der Waals surface area contributed by atoms with Gasteiger partial charge in [0.1, 0.15) is 0 Å². The molecule has 0 unspecified atom stereocenters. The van der Waals surface area contributed by atoms with Crippen LogP contribution in [0.15, 0.2) is 30.6 Å². The fourth-order valence-electron chi connectivity index (χ4n) is 1.45. The summed E-state index contributed by atoms with van der Waals surface area (Å²) in [5.74, 6) is 0. The largest absolute Gasteiger partial charge is 0.262 e. The van der Waals surface area contributed by atoms with Crippen molar-refractivity contribution < 1.29 is 0 Å². The lowest BCUT2D eigenvalue weighted by Crippen LogP contribution is -1.85.